The van der Waals surface area contributed by atoms with Crippen LogP contribution in [0.2, 0.25) is 0 Å². The van der Waals surface area contributed by atoms with E-state index in [1.54, 1.807) is 6.20 Å². The van der Waals surface area contributed by atoms with Crippen LogP contribution in [0.25, 0.3) is 5.57 Å². The number of pyridine rings is 1. The second-order valence-electron chi connectivity index (χ2n) is 11.1. The van der Waals surface area contributed by atoms with Crippen LogP contribution in [-0.4, -0.2) is 22.5 Å². The molecule has 3 aliphatic rings. The third kappa shape index (κ3) is 3.23. The van der Waals surface area contributed by atoms with Crippen molar-refractivity contribution in [3.8, 4) is 0 Å². The number of hydrogen-bond donors (Lipinski definition) is 1. The number of aryl methyl sites for hydroxylation is 1. The molecular weight excluding hydrogens is 398 g/mol. The van der Waals surface area contributed by atoms with Crippen LogP contribution >= 0.6 is 0 Å². The monoisotopic (exact) mass is 431 g/mol. The number of aliphatic hydroxyl groups excluding tert-OH is 1. The quantitative estimate of drug-likeness (QED) is 0.602. The number of nitrogens with zero attached hydrogens (tertiary/aromatic N) is 1. The molecular formula is C28H33NO3. The molecule has 2 aliphatic carbocycles. The fourth-order valence-corrected chi connectivity index (χ4v) is 5.61. The number of aliphatic hydroxyl groups is 1. The zero-order valence-corrected chi connectivity index (χ0v) is 19.8. The predicted octanol–water partition coefficient (Wildman–Crippen LogP) is 6.03. The molecule has 2 aromatic rings. The number of epoxide rings is 1. The molecule has 4 nitrogen and oxygen atoms in total. The van der Waals surface area contributed by atoms with Crippen LogP contribution in [0.5, 0.6) is 0 Å². The van der Waals surface area contributed by atoms with Gasteiger partial charge < -0.3 is 9.84 Å². The third-order valence-electron chi connectivity index (χ3n) is 7.92. The van der Waals surface area contributed by atoms with Gasteiger partial charge in [-0.3, -0.25) is 9.78 Å². The Hall–Kier alpha value is -2.46. The van der Waals surface area contributed by atoms with E-state index in [1.807, 2.05) is 12.1 Å². The van der Waals surface area contributed by atoms with Crippen LogP contribution in [0.1, 0.15) is 93.3 Å². The van der Waals surface area contributed by atoms with E-state index < -0.39 is 5.60 Å². The average molecular weight is 432 g/mol. The number of allylic oxidation sites excluding steroid dienone is 2. The minimum atomic E-state index is -0.525. The average Bonchev–Trinajstić information content (AvgIpc) is 3.53. The van der Waals surface area contributed by atoms with Crippen LogP contribution in [0.4, 0.5) is 0 Å². The topological polar surface area (TPSA) is 62.7 Å². The summed E-state index contributed by atoms with van der Waals surface area (Å²) in [6.45, 7) is 12.2. The van der Waals surface area contributed by atoms with Gasteiger partial charge in [-0.2, -0.15) is 0 Å². The smallest absolute Gasteiger partial charge is 0.166 e. The number of benzene rings is 1. The molecule has 1 aromatic heterocycles. The number of carbonyl (C=O) groups is 1. The number of Topliss-reactive ketones (excluding diaryl/α,β-unsaturated/α-hetero) is 1. The van der Waals surface area contributed by atoms with Gasteiger partial charge in [0.25, 0.3) is 0 Å². The summed E-state index contributed by atoms with van der Waals surface area (Å²) in [4.78, 5) is 17.1. The fourth-order valence-electron chi connectivity index (χ4n) is 5.61. The van der Waals surface area contributed by atoms with Crippen molar-refractivity contribution in [1.82, 2.24) is 4.98 Å². The number of ketones is 1. The molecule has 1 saturated heterocycles. The van der Waals surface area contributed by atoms with Crippen molar-refractivity contribution in [3.05, 3.63) is 69.7 Å². The van der Waals surface area contributed by atoms with Gasteiger partial charge in [0.1, 0.15) is 5.76 Å². The largest absolute Gasteiger partial charge is 0.512 e. The summed E-state index contributed by atoms with van der Waals surface area (Å²) in [6, 6.07) is 8.60. The zero-order chi connectivity index (χ0) is 22.9. The van der Waals surface area contributed by atoms with Crippen molar-refractivity contribution in [1.29, 1.82) is 0 Å². The van der Waals surface area contributed by atoms with Crippen molar-refractivity contribution < 1.29 is 14.6 Å². The molecule has 0 radical (unpaired) electrons. The van der Waals surface area contributed by atoms with Crippen molar-refractivity contribution in [2.45, 2.75) is 83.2 Å². The van der Waals surface area contributed by atoms with Crippen molar-refractivity contribution in [3.63, 3.8) is 0 Å². The van der Waals surface area contributed by atoms with Crippen LogP contribution in [-0.2, 0) is 26.0 Å². The van der Waals surface area contributed by atoms with Crippen LogP contribution in [0.3, 0.4) is 0 Å². The van der Waals surface area contributed by atoms with Gasteiger partial charge in [-0.1, -0.05) is 45.9 Å². The number of hydrogen-bond acceptors (Lipinski definition) is 4. The first-order valence-electron chi connectivity index (χ1n) is 11.8. The molecule has 0 bridgehead atoms. The summed E-state index contributed by atoms with van der Waals surface area (Å²) in [7, 11) is 0. The molecule has 4 heteroatoms. The molecule has 0 amide bonds. The van der Waals surface area contributed by atoms with E-state index in [1.165, 1.54) is 35.1 Å². The summed E-state index contributed by atoms with van der Waals surface area (Å²) in [5.74, 6) is 0.180. The van der Waals surface area contributed by atoms with Gasteiger partial charge in [-0.15, -0.1) is 0 Å². The Morgan fingerprint density at radius 3 is 2.19 bits per heavy atom. The molecule has 168 valence electrons. The van der Waals surface area contributed by atoms with Crippen molar-refractivity contribution >= 4 is 11.4 Å². The number of carbonyl (C=O) groups excluding carboxylic acids is 1. The maximum Gasteiger partial charge on any atom is 0.166 e. The van der Waals surface area contributed by atoms with Gasteiger partial charge in [0.05, 0.1) is 17.9 Å². The predicted molar refractivity (Wildman–Crippen MR) is 126 cm³/mol. The second-order valence-corrected chi connectivity index (χ2v) is 11.1. The molecule has 5 rings (SSSR count). The molecule has 1 unspecified atom stereocenters. The molecule has 32 heavy (non-hydrogen) atoms. The Kier molecular flexibility index (Phi) is 4.69. The normalized spacial score (nSPS) is 26.1. The lowest BCUT2D eigenvalue weighted by molar-refractivity contribution is -0.114. The lowest BCUT2D eigenvalue weighted by Gasteiger charge is -2.42. The van der Waals surface area contributed by atoms with Crippen LogP contribution in [0.15, 0.2) is 36.2 Å². The highest BCUT2D eigenvalue weighted by Gasteiger charge is 2.51. The summed E-state index contributed by atoms with van der Waals surface area (Å²) in [6.07, 6.45) is 5.82. The van der Waals surface area contributed by atoms with E-state index in [9.17, 15) is 9.90 Å². The number of rotatable bonds is 3. The Morgan fingerprint density at radius 2 is 1.62 bits per heavy atom. The third-order valence-corrected chi connectivity index (χ3v) is 7.92. The molecule has 0 spiro atoms. The summed E-state index contributed by atoms with van der Waals surface area (Å²) < 4.78 is 6.10. The van der Waals surface area contributed by atoms with Gasteiger partial charge in [0, 0.05) is 24.6 Å². The van der Waals surface area contributed by atoms with E-state index in [0.29, 0.717) is 37.0 Å². The number of ether oxygens (including phenoxy) is 1. The highest BCUT2D eigenvalue weighted by atomic mass is 16.6. The Morgan fingerprint density at radius 1 is 0.969 bits per heavy atom. The molecule has 2 heterocycles. The summed E-state index contributed by atoms with van der Waals surface area (Å²) in [5.41, 5.74) is 7.06. The SMILES string of the molecule is Cc1cc2c(cc1C1(c3ccc(C4=C(O)CCCC4=O)cn3)CO1)C(C)(C)CCC2(C)C. The summed E-state index contributed by atoms with van der Waals surface area (Å²) in [5, 5.41) is 10.3. The lowest BCUT2D eigenvalue weighted by atomic mass is 9.62. The van der Waals surface area contributed by atoms with E-state index in [2.05, 4.69) is 46.8 Å². The van der Waals surface area contributed by atoms with Gasteiger partial charge in [-0.25, -0.2) is 0 Å². The van der Waals surface area contributed by atoms with Crippen molar-refractivity contribution in [2.75, 3.05) is 6.61 Å². The molecule has 1 aromatic carbocycles. The first kappa shape index (κ1) is 21.4. The molecule has 0 saturated carbocycles. The van der Waals surface area contributed by atoms with Gasteiger partial charge in [0.2, 0.25) is 0 Å². The Balaban J connectivity index is 1.56. The Bertz CT molecular complexity index is 1130. The molecule has 1 N–H and O–H groups in total. The van der Waals surface area contributed by atoms with E-state index in [0.717, 1.165) is 5.69 Å². The molecule has 1 aliphatic heterocycles. The first-order valence-corrected chi connectivity index (χ1v) is 11.8. The fraction of sp³-hybridized carbons (Fsp3) is 0.500. The van der Waals surface area contributed by atoms with Crippen LogP contribution in [0, 0.1) is 6.92 Å². The summed E-state index contributed by atoms with van der Waals surface area (Å²) >= 11 is 0. The maximum atomic E-state index is 12.3. The number of fused-ring (bicyclic) bond motifs is 1. The maximum absolute atomic E-state index is 12.3. The van der Waals surface area contributed by atoms with Gasteiger partial charge in [-0.05, 0) is 65.3 Å². The second kappa shape index (κ2) is 7.02. The highest BCUT2D eigenvalue weighted by molar-refractivity contribution is 6.21. The lowest BCUT2D eigenvalue weighted by Crippen LogP contribution is -2.34. The van der Waals surface area contributed by atoms with E-state index in [-0.39, 0.29) is 22.4 Å². The standard InChI is InChI=1S/C28H33NO3/c1-17-13-20-21(27(4,5)12-11-26(20,2)3)14-19(17)28(16-32-28)24-10-9-18(15-29-24)25-22(30)7-6-8-23(25)31/h9-10,13-15,30H,6-8,11-12,16H2,1-5H3. The van der Waals surface area contributed by atoms with E-state index >= 15 is 0 Å². The molecule has 1 atom stereocenters. The number of aromatic nitrogens is 1. The first-order chi connectivity index (χ1) is 15.1. The van der Waals surface area contributed by atoms with Gasteiger partial charge in [0.15, 0.2) is 11.4 Å². The highest BCUT2D eigenvalue weighted by Crippen LogP contribution is 2.51. The minimum Gasteiger partial charge on any atom is -0.512 e. The van der Waals surface area contributed by atoms with Gasteiger partial charge >= 0.3 is 0 Å². The molecule has 1 fully saturated rings. The minimum absolute atomic E-state index is 0.00365. The zero-order valence-electron chi connectivity index (χ0n) is 19.8. The van der Waals surface area contributed by atoms with Crippen LogP contribution < -0.4 is 0 Å². The van der Waals surface area contributed by atoms with Crippen molar-refractivity contribution in [2.24, 2.45) is 0 Å². The van der Waals surface area contributed by atoms with E-state index in [4.69, 9.17) is 9.72 Å². The Labute approximate surface area is 190 Å².